The molecule has 5 N–H and O–H groups in total. The second-order valence-electron chi connectivity index (χ2n) is 7.21. The van der Waals surface area contributed by atoms with Crippen molar-refractivity contribution in [3.8, 4) is 0 Å². The second kappa shape index (κ2) is 10.1. The zero-order chi connectivity index (χ0) is 20.0. The zero-order valence-electron chi connectivity index (χ0n) is 16.7. The predicted octanol–water partition coefficient (Wildman–Crippen LogP) is 4.16. The summed E-state index contributed by atoms with van der Waals surface area (Å²) < 4.78 is 0. The number of amides is 3. The number of rotatable bonds is 6. The van der Waals surface area contributed by atoms with E-state index in [9.17, 15) is 9.59 Å². The van der Waals surface area contributed by atoms with E-state index in [0.717, 1.165) is 5.56 Å². The van der Waals surface area contributed by atoms with Crippen LogP contribution in [0.1, 0.15) is 36.7 Å². The molecule has 0 saturated heterocycles. The Morgan fingerprint density at radius 3 is 2.29 bits per heavy atom. The molecule has 0 bridgehead atoms. The lowest BCUT2D eigenvalue weighted by Gasteiger charge is -2.33. The van der Waals surface area contributed by atoms with E-state index in [0.29, 0.717) is 23.5 Å². The molecule has 28 heavy (non-hydrogen) atoms. The Labute approximate surface area is 172 Å². The number of anilines is 2. The second-order valence-corrected chi connectivity index (χ2v) is 7.21. The summed E-state index contributed by atoms with van der Waals surface area (Å²) in [6.45, 7) is 8.17. The molecule has 1 unspecified atom stereocenters. The van der Waals surface area contributed by atoms with Gasteiger partial charge in [-0.3, -0.25) is 4.79 Å². The fourth-order valence-electron chi connectivity index (χ4n) is 2.47. The Morgan fingerprint density at radius 1 is 1.07 bits per heavy atom. The molecule has 0 saturated carbocycles. The molecule has 0 spiro atoms. The quantitative estimate of drug-likeness (QED) is 0.581. The number of carbonyl (C=O) groups is 2. The van der Waals surface area contributed by atoms with E-state index in [-0.39, 0.29) is 30.3 Å². The van der Waals surface area contributed by atoms with Crippen LogP contribution in [0, 0.1) is 12.8 Å². The minimum atomic E-state index is -0.500. The molecule has 2 rings (SSSR count). The minimum Gasteiger partial charge on any atom is -0.345 e. The standard InChI is InChI=1S/C21H28N4O2.ClH/c1-14(2)21(4,13-22)25-19(26)16-11-10-15(3)18(12-16)24-20(27)23-17-8-6-5-7-9-17;/h5-12,14H,13,22H2,1-4H3,(H,25,26)(H2,23,24,27);1H. The molecule has 0 aliphatic rings. The zero-order valence-corrected chi connectivity index (χ0v) is 17.5. The largest absolute Gasteiger partial charge is 0.345 e. The maximum Gasteiger partial charge on any atom is 0.323 e. The van der Waals surface area contributed by atoms with Gasteiger partial charge in [-0.15, -0.1) is 12.4 Å². The van der Waals surface area contributed by atoms with Crippen molar-refractivity contribution in [2.75, 3.05) is 17.2 Å². The first kappa shape index (κ1) is 23.5. The highest BCUT2D eigenvalue weighted by molar-refractivity contribution is 6.02. The van der Waals surface area contributed by atoms with Crippen molar-refractivity contribution in [2.45, 2.75) is 33.2 Å². The predicted molar refractivity (Wildman–Crippen MR) is 117 cm³/mol. The van der Waals surface area contributed by atoms with Crippen LogP contribution in [0.3, 0.4) is 0 Å². The number of hydrogen-bond acceptors (Lipinski definition) is 3. The monoisotopic (exact) mass is 404 g/mol. The van der Waals surface area contributed by atoms with Crippen LogP contribution in [0.25, 0.3) is 0 Å². The van der Waals surface area contributed by atoms with E-state index in [1.54, 1.807) is 24.3 Å². The van der Waals surface area contributed by atoms with Gasteiger partial charge in [0, 0.05) is 23.5 Å². The summed E-state index contributed by atoms with van der Waals surface area (Å²) >= 11 is 0. The third kappa shape index (κ3) is 5.97. The van der Waals surface area contributed by atoms with Gasteiger partial charge in [-0.1, -0.05) is 38.1 Å². The SMILES string of the molecule is Cc1ccc(C(=O)NC(C)(CN)C(C)C)cc1NC(=O)Nc1ccccc1.Cl. The van der Waals surface area contributed by atoms with E-state index in [1.165, 1.54) is 0 Å². The summed E-state index contributed by atoms with van der Waals surface area (Å²) in [4.78, 5) is 24.9. The van der Waals surface area contributed by atoms with Crippen LogP contribution in [0.15, 0.2) is 48.5 Å². The van der Waals surface area contributed by atoms with Gasteiger partial charge in [0.15, 0.2) is 0 Å². The number of para-hydroxylation sites is 1. The molecule has 6 nitrogen and oxygen atoms in total. The molecule has 2 aromatic carbocycles. The van der Waals surface area contributed by atoms with E-state index in [2.05, 4.69) is 16.0 Å². The number of halogens is 1. The number of nitrogens with two attached hydrogens (primary N) is 1. The third-order valence-corrected chi connectivity index (χ3v) is 4.88. The minimum absolute atomic E-state index is 0. The topological polar surface area (TPSA) is 96.2 Å². The Bertz CT molecular complexity index is 811. The summed E-state index contributed by atoms with van der Waals surface area (Å²) in [5.41, 5.74) is 7.95. The summed E-state index contributed by atoms with van der Waals surface area (Å²) in [5.74, 6) is -0.0330. The highest BCUT2D eigenvalue weighted by Gasteiger charge is 2.29. The number of carbonyl (C=O) groups excluding carboxylic acids is 2. The number of nitrogens with one attached hydrogen (secondary N) is 3. The molecule has 7 heteroatoms. The molecule has 0 aromatic heterocycles. The molecule has 0 aliphatic heterocycles. The fraction of sp³-hybridized carbons (Fsp3) is 0.333. The molecule has 2 aromatic rings. The van der Waals surface area contributed by atoms with Crippen LogP contribution in [-0.2, 0) is 0 Å². The smallest absolute Gasteiger partial charge is 0.323 e. The Morgan fingerprint density at radius 2 is 1.71 bits per heavy atom. The van der Waals surface area contributed by atoms with Crippen LogP contribution in [0.4, 0.5) is 16.2 Å². The van der Waals surface area contributed by atoms with Gasteiger partial charge in [0.05, 0.1) is 5.54 Å². The molecule has 1 atom stereocenters. The van der Waals surface area contributed by atoms with Gasteiger partial charge in [0.25, 0.3) is 5.91 Å². The van der Waals surface area contributed by atoms with Crippen LogP contribution < -0.4 is 21.7 Å². The molecular formula is C21H29ClN4O2. The number of aryl methyl sites for hydroxylation is 1. The number of urea groups is 1. The highest BCUT2D eigenvalue weighted by atomic mass is 35.5. The van der Waals surface area contributed by atoms with Crippen molar-refractivity contribution in [3.05, 3.63) is 59.7 Å². The summed E-state index contributed by atoms with van der Waals surface area (Å²) in [7, 11) is 0. The van der Waals surface area contributed by atoms with Crippen LogP contribution in [-0.4, -0.2) is 24.0 Å². The van der Waals surface area contributed by atoms with Gasteiger partial charge in [0.2, 0.25) is 0 Å². The fourth-order valence-corrected chi connectivity index (χ4v) is 2.47. The van der Waals surface area contributed by atoms with Gasteiger partial charge in [0.1, 0.15) is 0 Å². The molecule has 152 valence electrons. The van der Waals surface area contributed by atoms with Crippen molar-refractivity contribution in [2.24, 2.45) is 11.7 Å². The average Bonchev–Trinajstić information content (AvgIpc) is 2.63. The first-order valence-corrected chi connectivity index (χ1v) is 9.01. The van der Waals surface area contributed by atoms with Gasteiger partial charge in [-0.2, -0.15) is 0 Å². The van der Waals surface area contributed by atoms with Gasteiger partial charge in [-0.05, 0) is 49.6 Å². The van der Waals surface area contributed by atoms with Crippen LogP contribution >= 0.6 is 12.4 Å². The lowest BCUT2D eigenvalue weighted by Crippen LogP contribution is -2.55. The van der Waals surface area contributed by atoms with Crippen molar-refractivity contribution in [1.29, 1.82) is 0 Å². The summed E-state index contributed by atoms with van der Waals surface area (Å²) in [6, 6.07) is 14.0. The molecule has 0 heterocycles. The van der Waals surface area contributed by atoms with Crippen molar-refractivity contribution in [3.63, 3.8) is 0 Å². The normalized spacial score (nSPS) is 12.5. The third-order valence-electron chi connectivity index (χ3n) is 4.88. The van der Waals surface area contributed by atoms with E-state index >= 15 is 0 Å². The molecule has 0 radical (unpaired) electrons. The highest BCUT2D eigenvalue weighted by Crippen LogP contribution is 2.20. The van der Waals surface area contributed by atoms with Crippen molar-refractivity contribution in [1.82, 2.24) is 5.32 Å². The molecular weight excluding hydrogens is 376 g/mol. The maximum absolute atomic E-state index is 12.7. The van der Waals surface area contributed by atoms with E-state index in [4.69, 9.17) is 5.73 Å². The van der Waals surface area contributed by atoms with Crippen LogP contribution in [0.5, 0.6) is 0 Å². The lowest BCUT2D eigenvalue weighted by atomic mass is 9.88. The maximum atomic E-state index is 12.7. The van der Waals surface area contributed by atoms with Crippen LogP contribution in [0.2, 0.25) is 0 Å². The van der Waals surface area contributed by atoms with Crippen molar-refractivity contribution < 1.29 is 9.59 Å². The molecule has 0 aliphatic carbocycles. The first-order valence-electron chi connectivity index (χ1n) is 9.01. The average molecular weight is 405 g/mol. The molecule has 3 amide bonds. The van der Waals surface area contributed by atoms with Gasteiger partial charge >= 0.3 is 6.03 Å². The van der Waals surface area contributed by atoms with E-state index in [1.807, 2.05) is 52.0 Å². The van der Waals surface area contributed by atoms with Gasteiger partial charge < -0.3 is 21.7 Å². The number of benzene rings is 2. The molecule has 0 fully saturated rings. The Balaban J connectivity index is 0.00000392. The van der Waals surface area contributed by atoms with Crippen molar-refractivity contribution >= 4 is 35.7 Å². The first-order chi connectivity index (χ1) is 12.7. The lowest BCUT2D eigenvalue weighted by molar-refractivity contribution is 0.0883. The number of hydrogen-bond donors (Lipinski definition) is 4. The summed E-state index contributed by atoms with van der Waals surface area (Å²) in [5, 5.41) is 8.57. The van der Waals surface area contributed by atoms with Gasteiger partial charge in [-0.25, -0.2) is 4.79 Å². The summed E-state index contributed by atoms with van der Waals surface area (Å²) in [6.07, 6.45) is 0. The Hall–Kier alpha value is -2.57. The van der Waals surface area contributed by atoms with E-state index < -0.39 is 5.54 Å². The Kier molecular flexibility index (Phi) is 8.47.